The van der Waals surface area contributed by atoms with Crippen molar-refractivity contribution in [2.24, 2.45) is 0 Å². The fourth-order valence-electron chi connectivity index (χ4n) is 3.94. The topological polar surface area (TPSA) is 93.1 Å². The Morgan fingerprint density at radius 2 is 2.00 bits per heavy atom. The van der Waals surface area contributed by atoms with Crippen LogP contribution in [0.15, 0.2) is 12.4 Å². The number of hydrogen-bond donors (Lipinski definition) is 1. The number of rotatable bonds is 6. The van der Waals surface area contributed by atoms with Crippen LogP contribution in [0.2, 0.25) is 0 Å². The predicted molar refractivity (Wildman–Crippen MR) is 123 cm³/mol. The molecule has 4 heterocycles. The zero-order chi connectivity index (χ0) is 22.0. The number of hydrogen-bond acceptors (Lipinski definition) is 9. The Morgan fingerprint density at radius 1 is 1.23 bits per heavy atom. The zero-order valence-electron chi connectivity index (χ0n) is 18.4. The quantitative estimate of drug-likeness (QED) is 0.577. The van der Waals surface area contributed by atoms with Gasteiger partial charge in [0, 0.05) is 30.9 Å². The first-order chi connectivity index (χ1) is 15.0. The lowest BCUT2D eigenvalue weighted by Crippen LogP contribution is -2.39. The second-order valence-electron chi connectivity index (χ2n) is 7.70. The molecule has 1 aliphatic heterocycles. The number of esters is 1. The summed E-state index contributed by atoms with van der Waals surface area (Å²) in [7, 11) is 0. The van der Waals surface area contributed by atoms with E-state index in [4.69, 9.17) is 4.74 Å². The lowest BCUT2D eigenvalue weighted by atomic mass is 10.0. The summed E-state index contributed by atoms with van der Waals surface area (Å²) in [5.41, 5.74) is 1.95. The van der Waals surface area contributed by atoms with E-state index in [1.165, 1.54) is 11.3 Å². The fourth-order valence-corrected chi connectivity index (χ4v) is 5.06. The Morgan fingerprint density at radius 3 is 2.71 bits per heavy atom. The molecule has 0 radical (unpaired) electrons. The SMILES string of the molecule is CCOC(=O)c1sc2nc(C)nc(NC3CCN(c4cc(CC)ncn4)CC3)c2c1C. The normalized spacial score (nSPS) is 14.8. The van der Waals surface area contributed by atoms with Crippen LogP contribution >= 0.6 is 11.3 Å². The monoisotopic (exact) mass is 440 g/mol. The first kappa shape index (κ1) is 21.4. The van der Waals surface area contributed by atoms with E-state index in [0.29, 0.717) is 23.4 Å². The minimum Gasteiger partial charge on any atom is -0.462 e. The molecule has 3 aromatic heterocycles. The minimum atomic E-state index is -0.295. The summed E-state index contributed by atoms with van der Waals surface area (Å²) < 4.78 is 5.22. The van der Waals surface area contributed by atoms with Crippen molar-refractivity contribution in [1.29, 1.82) is 0 Å². The van der Waals surface area contributed by atoms with Gasteiger partial charge in [-0.05, 0) is 45.6 Å². The smallest absolute Gasteiger partial charge is 0.348 e. The Balaban J connectivity index is 1.52. The molecule has 0 amide bonds. The second kappa shape index (κ2) is 9.13. The summed E-state index contributed by atoms with van der Waals surface area (Å²) in [6, 6.07) is 2.38. The van der Waals surface area contributed by atoms with Crippen LogP contribution in [-0.4, -0.2) is 51.6 Å². The molecule has 0 unspecified atom stereocenters. The number of ether oxygens (including phenoxy) is 1. The highest BCUT2D eigenvalue weighted by atomic mass is 32.1. The average Bonchev–Trinajstić information content (AvgIpc) is 3.11. The number of carbonyl (C=O) groups is 1. The van der Waals surface area contributed by atoms with Crippen molar-refractivity contribution in [1.82, 2.24) is 19.9 Å². The van der Waals surface area contributed by atoms with Crippen LogP contribution in [0.3, 0.4) is 0 Å². The Kier molecular flexibility index (Phi) is 6.31. The highest BCUT2D eigenvalue weighted by Gasteiger charge is 2.24. The molecule has 1 aliphatic rings. The van der Waals surface area contributed by atoms with Gasteiger partial charge < -0.3 is 15.0 Å². The molecule has 4 rings (SSSR count). The van der Waals surface area contributed by atoms with Gasteiger partial charge in [0.1, 0.15) is 33.5 Å². The van der Waals surface area contributed by atoms with E-state index in [0.717, 1.165) is 65.5 Å². The molecule has 0 bridgehead atoms. The molecule has 0 atom stereocenters. The van der Waals surface area contributed by atoms with Crippen LogP contribution in [0.5, 0.6) is 0 Å². The highest BCUT2D eigenvalue weighted by molar-refractivity contribution is 7.20. The lowest BCUT2D eigenvalue weighted by molar-refractivity contribution is 0.0531. The largest absolute Gasteiger partial charge is 0.462 e. The Bertz CT molecular complexity index is 1090. The van der Waals surface area contributed by atoms with Crippen LogP contribution in [0, 0.1) is 13.8 Å². The predicted octanol–water partition coefficient (Wildman–Crippen LogP) is 3.92. The van der Waals surface area contributed by atoms with Crippen LogP contribution in [0.25, 0.3) is 10.2 Å². The first-order valence-electron chi connectivity index (χ1n) is 10.8. The highest BCUT2D eigenvalue weighted by Crippen LogP contribution is 2.35. The molecular weight excluding hydrogens is 412 g/mol. The van der Waals surface area contributed by atoms with Gasteiger partial charge in [0.25, 0.3) is 0 Å². The molecule has 0 spiro atoms. The summed E-state index contributed by atoms with van der Waals surface area (Å²) >= 11 is 1.38. The number of aryl methyl sites for hydroxylation is 3. The number of nitrogens with one attached hydrogen (secondary N) is 1. The van der Waals surface area contributed by atoms with Crippen LogP contribution < -0.4 is 10.2 Å². The van der Waals surface area contributed by atoms with Gasteiger partial charge in [0.2, 0.25) is 0 Å². The van der Waals surface area contributed by atoms with Crippen molar-refractivity contribution in [3.05, 3.63) is 34.4 Å². The number of nitrogens with zero attached hydrogens (tertiary/aromatic N) is 5. The number of thiophene rings is 1. The van der Waals surface area contributed by atoms with Gasteiger partial charge in [-0.25, -0.2) is 24.7 Å². The summed E-state index contributed by atoms with van der Waals surface area (Å²) in [4.78, 5) is 34.1. The van der Waals surface area contributed by atoms with Gasteiger partial charge >= 0.3 is 5.97 Å². The summed E-state index contributed by atoms with van der Waals surface area (Å²) in [6.45, 7) is 9.93. The average molecular weight is 441 g/mol. The molecule has 3 aromatic rings. The fraction of sp³-hybridized carbons (Fsp3) is 0.500. The van der Waals surface area contributed by atoms with Crippen molar-refractivity contribution in [3.63, 3.8) is 0 Å². The van der Waals surface area contributed by atoms with Crippen molar-refractivity contribution >= 4 is 39.2 Å². The molecule has 164 valence electrons. The second-order valence-corrected chi connectivity index (χ2v) is 8.70. The summed E-state index contributed by atoms with van der Waals surface area (Å²) in [6.07, 6.45) is 4.51. The van der Waals surface area contributed by atoms with Crippen molar-refractivity contribution < 1.29 is 9.53 Å². The van der Waals surface area contributed by atoms with Gasteiger partial charge in [-0.15, -0.1) is 11.3 Å². The Labute approximate surface area is 186 Å². The molecular formula is C22H28N6O2S. The van der Waals surface area contributed by atoms with Gasteiger partial charge in [-0.3, -0.25) is 0 Å². The van der Waals surface area contributed by atoms with E-state index in [9.17, 15) is 4.79 Å². The molecule has 0 saturated carbocycles. The number of aromatic nitrogens is 4. The van der Waals surface area contributed by atoms with Crippen LogP contribution in [0.1, 0.15) is 53.4 Å². The van der Waals surface area contributed by atoms with Crippen molar-refractivity contribution in [2.45, 2.75) is 53.0 Å². The van der Waals surface area contributed by atoms with E-state index in [-0.39, 0.29) is 5.97 Å². The lowest BCUT2D eigenvalue weighted by Gasteiger charge is -2.33. The molecule has 31 heavy (non-hydrogen) atoms. The van der Waals surface area contributed by atoms with Gasteiger partial charge in [0.15, 0.2) is 0 Å². The number of piperidine rings is 1. The van der Waals surface area contributed by atoms with Gasteiger partial charge in [0.05, 0.1) is 12.0 Å². The van der Waals surface area contributed by atoms with Crippen LogP contribution in [-0.2, 0) is 11.2 Å². The minimum absolute atomic E-state index is 0.295. The van der Waals surface area contributed by atoms with Crippen molar-refractivity contribution in [3.8, 4) is 0 Å². The number of carbonyl (C=O) groups excluding carboxylic acids is 1. The first-order valence-corrected chi connectivity index (χ1v) is 11.6. The Hall–Kier alpha value is -2.81. The number of fused-ring (bicyclic) bond motifs is 1. The molecule has 1 N–H and O–H groups in total. The third-order valence-electron chi connectivity index (χ3n) is 5.59. The van der Waals surface area contributed by atoms with Crippen molar-refractivity contribution in [2.75, 3.05) is 29.9 Å². The molecule has 8 nitrogen and oxygen atoms in total. The summed E-state index contributed by atoms with van der Waals surface area (Å²) in [5, 5.41) is 4.55. The molecule has 1 saturated heterocycles. The van der Waals surface area contributed by atoms with E-state index >= 15 is 0 Å². The third kappa shape index (κ3) is 4.46. The van der Waals surface area contributed by atoms with E-state index < -0.39 is 0 Å². The standard InChI is InChI=1S/C22H28N6O2S/c1-5-15-11-17(24-12-23-15)28-9-7-16(8-10-28)27-20-18-13(3)19(22(29)30-6-2)31-21(18)26-14(4)25-20/h11-12,16H,5-10H2,1-4H3,(H,25,26,27). The molecule has 0 aliphatic carbocycles. The van der Waals surface area contributed by atoms with Gasteiger partial charge in [-0.1, -0.05) is 6.92 Å². The molecule has 1 fully saturated rings. The van der Waals surface area contributed by atoms with Gasteiger partial charge in [-0.2, -0.15) is 0 Å². The molecule has 0 aromatic carbocycles. The maximum atomic E-state index is 12.3. The zero-order valence-corrected chi connectivity index (χ0v) is 19.3. The third-order valence-corrected chi connectivity index (χ3v) is 6.76. The summed E-state index contributed by atoms with van der Waals surface area (Å²) in [5.74, 6) is 2.20. The maximum absolute atomic E-state index is 12.3. The van der Waals surface area contributed by atoms with E-state index in [1.807, 2.05) is 20.8 Å². The number of anilines is 2. The maximum Gasteiger partial charge on any atom is 0.348 e. The molecule has 9 heteroatoms. The van der Waals surface area contributed by atoms with E-state index in [2.05, 4.69) is 43.1 Å². The van der Waals surface area contributed by atoms with Crippen LogP contribution in [0.4, 0.5) is 11.6 Å². The van der Waals surface area contributed by atoms with E-state index in [1.54, 1.807) is 6.33 Å².